The molecule has 0 amide bonds. The molecule has 2 nitrogen and oxygen atoms in total. The van der Waals surface area contributed by atoms with E-state index < -0.39 is 5.97 Å². The molecule has 0 aromatic carbocycles. The molecule has 0 saturated heterocycles. The Hall–Kier alpha value is -0.530. The van der Waals surface area contributed by atoms with E-state index in [1.807, 2.05) is 0 Å². The van der Waals surface area contributed by atoms with Gasteiger partial charge in [0.25, 0.3) is 0 Å². The van der Waals surface area contributed by atoms with Crippen molar-refractivity contribution in [2.45, 2.75) is 46.0 Å². The van der Waals surface area contributed by atoms with Crippen LogP contribution in [0.5, 0.6) is 0 Å². The van der Waals surface area contributed by atoms with Crippen molar-refractivity contribution in [2.24, 2.45) is 17.8 Å². The fourth-order valence-electron chi connectivity index (χ4n) is 2.65. The summed E-state index contributed by atoms with van der Waals surface area (Å²) >= 11 is 0. The number of rotatable bonds is 4. The lowest BCUT2D eigenvalue weighted by Crippen LogP contribution is -2.23. The predicted molar refractivity (Wildman–Crippen MR) is 52.5 cm³/mol. The first-order valence-corrected chi connectivity index (χ1v) is 5.39. The SMILES string of the molecule is CCCC(C)C1CCCC1C(=O)O. The first-order chi connectivity index (χ1) is 6.16. The monoisotopic (exact) mass is 184 g/mol. The molecule has 0 bridgehead atoms. The van der Waals surface area contributed by atoms with Crippen molar-refractivity contribution in [3.05, 3.63) is 0 Å². The van der Waals surface area contributed by atoms with Crippen LogP contribution >= 0.6 is 0 Å². The molecule has 0 heterocycles. The van der Waals surface area contributed by atoms with Crippen molar-refractivity contribution in [1.82, 2.24) is 0 Å². The van der Waals surface area contributed by atoms with Gasteiger partial charge in [-0.2, -0.15) is 0 Å². The minimum Gasteiger partial charge on any atom is -0.481 e. The molecular weight excluding hydrogens is 164 g/mol. The second kappa shape index (κ2) is 4.64. The van der Waals surface area contributed by atoms with Crippen LogP contribution in [0.15, 0.2) is 0 Å². The van der Waals surface area contributed by atoms with E-state index in [-0.39, 0.29) is 5.92 Å². The van der Waals surface area contributed by atoms with Crippen molar-refractivity contribution in [3.8, 4) is 0 Å². The van der Waals surface area contributed by atoms with Gasteiger partial charge in [-0.25, -0.2) is 0 Å². The molecule has 0 aromatic rings. The lowest BCUT2D eigenvalue weighted by molar-refractivity contribution is -0.143. The number of carboxylic acids is 1. The summed E-state index contributed by atoms with van der Waals surface area (Å²) < 4.78 is 0. The smallest absolute Gasteiger partial charge is 0.306 e. The van der Waals surface area contributed by atoms with Crippen LogP contribution in [0.25, 0.3) is 0 Å². The van der Waals surface area contributed by atoms with E-state index in [0.717, 1.165) is 19.3 Å². The minimum absolute atomic E-state index is 0.0541. The quantitative estimate of drug-likeness (QED) is 0.729. The van der Waals surface area contributed by atoms with E-state index in [2.05, 4.69) is 13.8 Å². The first kappa shape index (κ1) is 10.6. The Labute approximate surface area is 80.3 Å². The summed E-state index contributed by atoms with van der Waals surface area (Å²) in [7, 11) is 0. The van der Waals surface area contributed by atoms with Crippen LogP contribution in [0.2, 0.25) is 0 Å². The van der Waals surface area contributed by atoms with Crippen LogP contribution in [0.4, 0.5) is 0 Å². The van der Waals surface area contributed by atoms with Gasteiger partial charge in [-0.05, 0) is 24.7 Å². The van der Waals surface area contributed by atoms with Gasteiger partial charge in [-0.1, -0.05) is 33.1 Å². The largest absolute Gasteiger partial charge is 0.481 e. The highest BCUT2D eigenvalue weighted by Crippen LogP contribution is 2.38. The average molecular weight is 184 g/mol. The second-order valence-electron chi connectivity index (χ2n) is 4.31. The van der Waals surface area contributed by atoms with E-state index in [0.29, 0.717) is 11.8 Å². The topological polar surface area (TPSA) is 37.3 Å². The zero-order chi connectivity index (χ0) is 9.84. The Balaban J connectivity index is 2.52. The molecule has 0 spiro atoms. The van der Waals surface area contributed by atoms with E-state index in [1.54, 1.807) is 0 Å². The molecule has 13 heavy (non-hydrogen) atoms. The Morgan fingerprint density at radius 1 is 1.54 bits per heavy atom. The molecule has 3 unspecified atom stereocenters. The number of aliphatic carboxylic acids is 1. The zero-order valence-electron chi connectivity index (χ0n) is 8.62. The van der Waals surface area contributed by atoms with Gasteiger partial charge in [0.2, 0.25) is 0 Å². The molecule has 1 rings (SSSR count). The van der Waals surface area contributed by atoms with Crippen LogP contribution in [0.1, 0.15) is 46.0 Å². The molecule has 3 atom stereocenters. The predicted octanol–water partition coefficient (Wildman–Crippen LogP) is 2.92. The highest BCUT2D eigenvalue weighted by Gasteiger charge is 2.35. The van der Waals surface area contributed by atoms with Crippen molar-refractivity contribution >= 4 is 5.97 Å². The molecule has 1 N–H and O–H groups in total. The number of hydrogen-bond donors (Lipinski definition) is 1. The number of carboxylic acid groups (broad SMARTS) is 1. The molecular formula is C11H20O2. The third-order valence-electron chi connectivity index (χ3n) is 3.36. The third kappa shape index (κ3) is 2.45. The van der Waals surface area contributed by atoms with Crippen molar-refractivity contribution in [1.29, 1.82) is 0 Å². The first-order valence-electron chi connectivity index (χ1n) is 5.39. The molecule has 2 heteroatoms. The summed E-state index contributed by atoms with van der Waals surface area (Å²) in [4.78, 5) is 10.9. The highest BCUT2D eigenvalue weighted by atomic mass is 16.4. The summed E-state index contributed by atoms with van der Waals surface area (Å²) in [6, 6.07) is 0. The van der Waals surface area contributed by atoms with Crippen LogP contribution in [-0.4, -0.2) is 11.1 Å². The summed E-state index contributed by atoms with van der Waals surface area (Å²) in [5.41, 5.74) is 0. The summed E-state index contributed by atoms with van der Waals surface area (Å²) in [5.74, 6) is 0.401. The Bertz CT molecular complexity index is 177. The molecule has 0 aliphatic heterocycles. The summed E-state index contributed by atoms with van der Waals surface area (Å²) in [5, 5.41) is 9.00. The van der Waals surface area contributed by atoms with Crippen molar-refractivity contribution in [3.63, 3.8) is 0 Å². The van der Waals surface area contributed by atoms with Crippen LogP contribution in [0.3, 0.4) is 0 Å². The van der Waals surface area contributed by atoms with Gasteiger partial charge in [0, 0.05) is 0 Å². The van der Waals surface area contributed by atoms with Gasteiger partial charge in [-0.3, -0.25) is 4.79 Å². The third-order valence-corrected chi connectivity index (χ3v) is 3.36. The minimum atomic E-state index is -0.578. The summed E-state index contributed by atoms with van der Waals surface area (Å²) in [6.45, 7) is 4.37. The molecule has 1 fully saturated rings. The lowest BCUT2D eigenvalue weighted by atomic mass is 9.82. The Morgan fingerprint density at radius 2 is 2.23 bits per heavy atom. The zero-order valence-corrected chi connectivity index (χ0v) is 8.62. The molecule has 0 radical (unpaired) electrons. The van der Waals surface area contributed by atoms with Gasteiger partial charge in [0.05, 0.1) is 5.92 Å². The average Bonchev–Trinajstić information content (AvgIpc) is 2.52. The molecule has 1 aliphatic carbocycles. The van der Waals surface area contributed by atoms with Gasteiger partial charge >= 0.3 is 5.97 Å². The van der Waals surface area contributed by atoms with E-state index in [9.17, 15) is 4.79 Å². The Morgan fingerprint density at radius 3 is 2.77 bits per heavy atom. The van der Waals surface area contributed by atoms with E-state index in [4.69, 9.17) is 5.11 Å². The van der Waals surface area contributed by atoms with Crippen LogP contribution in [-0.2, 0) is 4.79 Å². The number of hydrogen-bond acceptors (Lipinski definition) is 1. The number of carbonyl (C=O) groups is 1. The second-order valence-corrected chi connectivity index (χ2v) is 4.31. The highest BCUT2D eigenvalue weighted by molar-refractivity contribution is 5.70. The normalized spacial score (nSPS) is 30.3. The van der Waals surface area contributed by atoms with Crippen LogP contribution in [0, 0.1) is 17.8 Å². The van der Waals surface area contributed by atoms with Crippen LogP contribution < -0.4 is 0 Å². The maximum atomic E-state index is 10.9. The van der Waals surface area contributed by atoms with Crippen molar-refractivity contribution < 1.29 is 9.90 Å². The van der Waals surface area contributed by atoms with Gasteiger partial charge < -0.3 is 5.11 Å². The lowest BCUT2D eigenvalue weighted by Gasteiger charge is -2.22. The van der Waals surface area contributed by atoms with Gasteiger partial charge in [0.1, 0.15) is 0 Å². The molecule has 1 aliphatic rings. The van der Waals surface area contributed by atoms with Gasteiger partial charge in [0.15, 0.2) is 0 Å². The van der Waals surface area contributed by atoms with Crippen molar-refractivity contribution in [2.75, 3.05) is 0 Å². The van der Waals surface area contributed by atoms with E-state index in [1.165, 1.54) is 12.8 Å². The molecule has 0 aromatic heterocycles. The fraction of sp³-hybridized carbons (Fsp3) is 0.909. The van der Waals surface area contributed by atoms with E-state index >= 15 is 0 Å². The fourth-order valence-corrected chi connectivity index (χ4v) is 2.65. The maximum Gasteiger partial charge on any atom is 0.306 e. The molecule has 1 saturated carbocycles. The summed E-state index contributed by atoms with van der Waals surface area (Å²) in [6.07, 6.45) is 5.47. The Kier molecular flexibility index (Phi) is 3.76. The molecule has 76 valence electrons. The maximum absolute atomic E-state index is 10.9. The van der Waals surface area contributed by atoms with Gasteiger partial charge in [-0.15, -0.1) is 0 Å². The standard InChI is InChI=1S/C11H20O2/c1-3-5-8(2)9-6-4-7-10(9)11(12)13/h8-10H,3-7H2,1-2H3,(H,12,13).